The van der Waals surface area contributed by atoms with Gasteiger partial charge >= 0.3 is 0 Å². The molecule has 0 atom stereocenters. The van der Waals surface area contributed by atoms with Crippen LogP contribution in [0.5, 0.6) is 0 Å². The quantitative estimate of drug-likeness (QED) is 0.858. The first kappa shape index (κ1) is 12.9. The molecular weight excluding hydrogens is 228 g/mol. The Labute approximate surface area is 108 Å². The first-order chi connectivity index (χ1) is 8.70. The maximum Gasteiger partial charge on any atom is 0.221 e. The molecule has 1 amide bonds. The lowest BCUT2D eigenvalue weighted by Gasteiger charge is -2.34. The molecule has 2 N–H and O–H groups in total. The van der Waals surface area contributed by atoms with Gasteiger partial charge in [-0.1, -0.05) is 12.1 Å². The molecule has 2 rings (SSSR count). The van der Waals surface area contributed by atoms with Crippen molar-refractivity contribution >= 4 is 17.3 Å². The van der Waals surface area contributed by atoms with Gasteiger partial charge in [0.25, 0.3) is 0 Å². The fourth-order valence-corrected chi connectivity index (χ4v) is 2.40. The molecule has 1 aliphatic heterocycles. The van der Waals surface area contributed by atoms with Crippen molar-refractivity contribution in [2.45, 2.75) is 19.8 Å². The summed E-state index contributed by atoms with van der Waals surface area (Å²) < 4.78 is 0. The smallest absolute Gasteiger partial charge is 0.221 e. The number of carbonyl (C=O) groups is 1. The first-order valence-electron chi connectivity index (χ1n) is 6.43. The number of para-hydroxylation sites is 2. The lowest BCUT2D eigenvalue weighted by atomic mass is 9.97. The first-order valence-corrected chi connectivity index (χ1v) is 6.43. The normalized spacial score (nSPS) is 16.7. The van der Waals surface area contributed by atoms with Gasteiger partial charge in [0.15, 0.2) is 0 Å². The summed E-state index contributed by atoms with van der Waals surface area (Å²) in [5, 5.41) is 12.0. The average molecular weight is 248 g/mol. The summed E-state index contributed by atoms with van der Waals surface area (Å²) in [6.07, 6.45) is 2.01. The van der Waals surface area contributed by atoms with Gasteiger partial charge in [-0.05, 0) is 30.9 Å². The van der Waals surface area contributed by atoms with E-state index in [1.807, 2.05) is 24.3 Å². The minimum absolute atomic E-state index is 0.0484. The molecule has 0 saturated carbocycles. The molecule has 0 spiro atoms. The fourth-order valence-electron chi connectivity index (χ4n) is 2.40. The Balaban J connectivity index is 2.11. The Hall–Kier alpha value is -1.55. The zero-order valence-electron chi connectivity index (χ0n) is 10.7. The number of hydrogen-bond donors (Lipinski definition) is 2. The monoisotopic (exact) mass is 248 g/mol. The van der Waals surface area contributed by atoms with E-state index in [2.05, 4.69) is 10.2 Å². The van der Waals surface area contributed by atoms with Crippen LogP contribution in [0.25, 0.3) is 0 Å². The zero-order valence-corrected chi connectivity index (χ0v) is 10.7. The van der Waals surface area contributed by atoms with Gasteiger partial charge in [-0.15, -0.1) is 0 Å². The highest BCUT2D eigenvalue weighted by Crippen LogP contribution is 2.29. The molecule has 1 aromatic rings. The van der Waals surface area contributed by atoms with Gasteiger partial charge in [-0.3, -0.25) is 4.79 Å². The number of amides is 1. The maximum atomic E-state index is 11.2. The number of hydrogen-bond acceptors (Lipinski definition) is 3. The Morgan fingerprint density at radius 1 is 1.39 bits per heavy atom. The van der Waals surface area contributed by atoms with Gasteiger partial charge < -0.3 is 15.3 Å². The van der Waals surface area contributed by atoms with Gasteiger partial charge in [0, 0.05) is 26.6 Å². The third kappa shape index (κ3) is 3.01. The number of nitrogens with zero attached hydrogens (tertiary/aromatic N) is 1. The van der Waals surface area contributed by atoms with Crippen molar-refractivity contribution in [3.05, 3.63) is 24.3 Å². The molecule has 0 bridgehead atoms. The fraction of sp³-hybridized carbons (Fsp3) is 0.500. The van der Waals surface area contributed by atoms with Crippen LogP contribution in [0.2, 0.25) is 0 Å². The van der Waals surface area contributed by atoms with E-state index in [1.165, 1.54) is 6.92 Å². The molecule has 1 aliphatic rings. The van der Waals surface area contributed by atoms with Crippen LogP contribution in [0.4, 0.5) is 11.4 Å². The molecule has 0 radical (unpaired) electrons. The van der Waals surface area contributed by atoms with Gasteiger partial charge in [-0.25, -0.2) is 0 Å². The number of piperidine rings is 1. The summed E-state index contributed by atoms with van der Waals surface area (Å²) in [6, 6.07) is 7.87. The largest absolute Gasteiger partial charge is 0.396 e. The highest BCUT2D eigenvalue weighted by molar-refractivity contribution is 5.92. The Morgan fingerprint density at radius 3 is 2.67 bits per heavy atom. The predicted molar refractivity (Wildman–Crippen MR) is 72.8 cm³/mol. The minimum Gasteiger partial charge on any atom is -0.396 e. The Kier molecular flexibility index (Phi) is 4.20. The van der Waals surface area contributed by atoms with E-state index in [0.29, 0.717) is 5.92 Å². The maximum absolute atomic E-state index is 11.2. The lowest BCUT2D eigenvalue weighted by molar-refractivity contribution is -0.114. The minimum atomic E-state index is -0.0484. The van der Waals surface area contributed by atoms with Gasteiger partial charge in [0.2, 0.25) is 5.91 Å². The number of carbonyl (C=O) groups excluding carboxylic acids is 1. The van der Waals surface area contributed by atoms with Crippen molar-refractivity contribution in [2.24, 2.45) is 5.92 Å². The van der Waals surface area contributed by atoms with Crippen LogP contribution >= 0.6 is 0 Å². The summed E-state index contributed by atoms with van der Waals surface area (Å²) in [7, 11) is 0. The van der Waals surface area contributed by atoms with Crippen LogP contribution < -0.4 is 10.2 Å². The topological polar surface area (TPSA) is 52.6 Å². The van der Waals surface area contributed by atoms with Crippen molar-refractivity contribution in [1.29, 1.82) is 0 Å². The molecule has 1 saturated heterocycles. The summed E-state index contributed by atoms with van der Waals surface area (Å²) >= 11 is 0. The summed E-state index contributed by atoms with van der Waals surface area (Å²) in [5.41, 5.74) is 1.94. The molecule has 98 valence electrons. The molecule has 1 aromatic carbocycles. The van der Waals surface area contributed by atoms with E-state index >= 15 is 0 Å². The highest BCUT2D eigenvalue weighted by Gasteiger charge is 2.20. The number of anilines is 2. The van der Waals surface area contributed by atoms with Crippen molar-refractivity contribution in [3.63, 3.8) is 0 Å². The summed E-state index contributed by atoms with van der Waals surface area (Å²) in [4.78, 5) is 13.5. The van der Waals surface area contributed by atoms with E-state index < -0.39 is 0 Å². The molecular formula is C14H20N2O2. The van der Waals surface area contributed by atoms with Crippen molar-refractivity contribution in [3.8, 4) is 0 Å². The van der Waals surface area contributed by atoms with E-state index in [4.69, 9.17) is 5.11 Å². The van der Waals surface area contributed by atoms with Crippen LogP contribution in [-0.4, -0.2) is 30.7 Å². The van der Waals surface area contributed by atoms with Gasteiger partial charge in [0.1, 0.15) is 0 Å². The second-order valence-electron chi connectivity index (χ2n) is 4.81. The number of rotatable bonds is 3. The molecule has 0 unspecified atom stereocenters. The van der Waals surface area contributed by atoms with Crippen LogP contribution in [0.3, 0.4) is 0 Å². The number of aliphatic hydroxyl groups is 1. The van der Waals surface area contributed by atoms with Crippen LogP contribution in [0, 0.1) is 5.92 Å². The van der Waals surface area contributed by atoms with Crippen molar-refractivity contribution in [1.82, 2.24) is 0 Å². The molecule has 1 fully saturated rings. The zero-order chi connectivity index (χ0) is 13.0. The van der Waals surface area contributed by atoms with E-state index in [9.17, 15) is 4.79 Å². The summed E-state index contributed by atoms with van der Waals surface area (Å²) in [5.74, 6) is 0.377. The van der Waals surface area contributed by atoms with Crippen LogP contribution in [0.15, 0.2) is 24.3 Å². The molecule has 0 aromatic heterocycles. The van der Waals surface area contributed by atoms with Crippen LogP contribution in [0.1, 0.15) is 19.8 Å². The van der Waals surface area contributed by atoms with E-state index in [-0.39, 0.29) is 12.5 Å². The van der Waals surface area contributed by atoms with Crippen LogP contribution in [-0.2, 0) is 4.79 Å². The number of aliphatic hydroxyl groups excluding tert-OH is 1. The van der Waals surface area contributed by atoms with Crippen molar-refractivity contribution in [2.75, 3.05) is 29.9 Å². The second kappa shape index (κ2) is 5.87. The predicted octanol–water partition coefficient (Wildman–Crippen LogP) is 1.85. The van der Waals surface area contributed by atoms with E-state index in [1.54, 1.807) is 0 Å². The lowest BCUT2D eigenvalue weighted by Crippen LogP contribution is -2.35. The number of nitrogens with one attached hydrogen (secondary N) is 1. The SMILES string of the molecule is CC(=O)Nc1ccccc1N1CCC(CO)CC1. The Morgan fingerprint density at radius 2 is 2.06 bits per heavy atom. The van der Waals surface area contributed by atoms with Gasteiger partial charge in [-0.2, -0.15) is 0 Å². The van der Waals surface area contributed by atoms with Crippen molar-refractivity contribution < 1.29 is 9.90 Å². The average Bonchev–Trinajstić information content (AvgIpc) is 2.39. The third-order valence-electron chi connectivity index (χ3n) is 3.43. The standard InChI is InChI=1S/C14H20N2O2/c1-11(18)15-13-4-2-3-5-14(13)16-8-6-12(10-17)7-9-16/h2-5,12,17H,6-10H2,1H3,(H,15,18). The third-order valence-corrected chi connectivity index (χ3v) is 3.43. The van der Waals surface area contributed by atoms with Gasteiger partial charge in [0.05, 0.1) is 11.4 Å². The summed E-state index contributed by atoms with van der Waals surface area (Å²) in [6.45, 7) is 3.67. The van der Waals surface area contributed by atoms with E-state index in [0.717, 1.165) is 37.3 Å². The second-order valence-corrected chi connectivity index (χ2v) is 4.81. The molecule has 0 aliphatic carbocycles. The number of benzene rings is 1. The Bertz CT molecular complexity index is 412. The molecule has 18 heavy (non-hydrogen) atoms. The molecule has 4 heteroatoms. The molecule has 4 nitrogen and oxygen atoms in total. The highest BCUT2D eigenvalue weighted by atomic mass is 16.3. The molecule has 1 heterocycles.